The van der Waals surface area contributed by atoms with Crippen molar-refractivity contribution >= 4 is 5.91 Å². The molecule has 0 fully saturated rings. The molecule has 0 spiro atoms. The van der Waals surface area contributed by atoms with Gasteiger partial charge in [-0.15, -0.1) is 0 Å². The van der Waals surface area contributed by atoms with Gasteiger partial charge in [0.2, 0.25) is 5.88 Å². The molecule has 4 heterocycles. The molecular weight excluding hydrogens is 389 g/mol. The Morgan fingerprint density at radius 2 is 1.97 bits per heavy atom. The van der Waals surface area contributed by atoms with E-state index in [9.17, 15) is 9.90 Å². The predicted molar refractivity (Wildman–Crippen MR) is 107 cm³/mol. The summed E-state index contributed by atoms with van der Waals surface area (Å²) in [5.74, 6) is -0.941. The van der Waals surface area contributed by atoms with E-state index in [4.69, 9.17) is 4.74 Å². The zero-order valence-corrected chi connectivity index (χ0v) is 16.8. The van der Waals surface area contributed by atoms with Crippen LogP contribution < -0.4 is 10.1 Å². The Bertz CT molecular complexity index is 1110. The topological polar surface area (TPSA) is 113 Å². The number of aryl methyl sites for hydroxylation is 1. The first-order chi connectivity index (χ1) is 14.7. The van der Waals surface area contributed by atoms with Crippen LogP contribution in [0.2, 0.25) is 0 Å². The summed E-state index contributed by atoms with van der Waals surface area (Å²) in [7, 11) is 0. The highest BCUT2D eigenvalue weighted by Gasteiger charge is 2.32. The molecule has 3 N–H and O–H groups in total. The number of hydrogen-bond donors (Lipinski definition) is 3. The molecule has 9 heteroatoms. The molecule has 1 aliphatic carbocycles. The van der Waals surface area contributed by atoms with Crippen LogP contribution in [0.3, 0.4) is 0 Å². The fraction of sp³-hybridized carbons (Fsp3) is 0.333. The van der Waals surface area contributed by atoms with Crippen LogP contribution in [0.25, 0.3) is 11.3 Å². The van der Waals surface area contributed by atoms with Crippen molar-refractivity contribution in [3.05, 3.63) is 52.5 Å². The van der Waals surface area contributed by atoms with Crippen molar-refractivity contribution in [1.29, 1.82) is 0 Å². The Hall–Kier alpha value is -3.33. The Balaban J connectivity index is 0.00000106. The molecule has 3 aromatic rings. The maximum Gasteiger partial charge on any atom is 0.258 e. The van der Waals surface area contributed by atoms with Crippen LogP contribution in [0.4, 0.5) is 4.39 Å². The second kappa shape index (κ2) is 8.19. The lowest BCUT2D eigenvalue weighted by atomic mass is 9.88. The normalized spacial score (nSPS) is 13.9. The van der Waals surface area contributed by atoms with Crippen molar-refractivity contribution in [1.82, 2.24) is 25.3 Å². The number of rotatable bonds is 3. The van der Waals surface area contributed by atoms with Crippen molar-refractivity contribution in [3.8, 4) is 23.0 Å². The number of carbonyl (C=O) groups excluding carboxylic acids is 1. The molecule has 3 aromatic heterocycles. The third-order valence-corrected chi connectivity index (χ3v) is 5.14. The Morgan fingerprint density at radius 3 is 2.77 bits per heavy atom. The fourth-order valence-corrected chi connectivity index (χ4v) is 3.85. The average molecular weight is 411 g/mol. The number of hydrogen-bond acceptors (Lipinski definition) is 6. The summed E-state index contributed by atoms with van der Waals surface area (Å²) in [5, 5.41) is 12.2. The second-order valence-corrected chi connectivity index (χ2v) is 6.73. The SMILES string of the molecule is CC.O=C1NCCc2[nH]c3c(c21)CCc1cnc(Oc2ncncc2CO)c(F)c1-3. The number of pyridine rings is 1. The summed E-state index contributed by atoms with van der Waals surface area (Å²) < 4.78 is 20.9. The van der Waals surface area contributed by atoms with Gasteiger partial charge in [-0.25, -0.2) is 19.3 Å². The van der Waals surface area contributed by atoms with E-state index in [2.05, 4.69) is 25.3 Å². The molecule has 8 nitrogen and oxygen atoms in total. The fourth-order valence-electron chi connectivity index (χ4n) is 3.85. The van der Waals surface area contributed by atoms with E-state index in [1.165, 1.54) is 12.5 Å². The number of nitrogens with zero attached hydrogens (tertiary/aromatic N) is 3. The quantitative estimate of drug-likeness (QED) is 0.611. The maximum absolute atomic E-state index is 15.4. The Kier molecular flexibility index (Phi) is 5.45. The van der Waals surface area contributed by atoms with Crippen LogP contribution in [0.15, 0.2) is 18.7 Å². The molecule has 30 heavy (non-hydrogen) atoms. The van der Waals surface area contributed by atoms with Crippen molar-refractivity contribution in [2.45, 2.75) is 39.7 Å². The van der Waals surface area contributed by atoms with Gasteiger partial charge in [0.25, 0.3) is 11.8 Å². The Morgan fingerprint density at radius 1 is 1.13 bits per heavy atom. The minimum atomic E-state index is -0.625. The lowest BCUT2D eigenvalue weighted by Gasteiger charge is -2.19. The molecule has 1 amide bonds. The predicted octanol–water partition coefficient (Wildman–Crippen LogP) is 2.70. The van der Waals surface area contributed by atoms with Gasteiger partial charge < -0.3 is 20.1 Å². The van der Waals surface area contributed by atoms with Crippen LogP contribution >= 0.6 is 0 Å². The first-order valence-corrected chi connectivity index (χ1v) is 9.94. The lowest BCUT2D eigenvalue weighted by Crippen LogP contribution is -2.32. The number of aromatic nitrogens is 4. The molecule has 0 aromatic carbocycles. The highest BCUT2D eigenvalue weighted by atomic mass is 19.1. The van der Waals surface area contributed by atoms with E-state index in [1.807, 2.05) is 13.8 Å². The Labute approximate surface area is 172 Å². The summed E-state index contributed by atoms with van der Waals surface area (Å²) in [4.78, 5) is 27.4. The van der Waals surface area contributed by atoms with Crippen LogP contribution in [0.5, 0.6) is 11.8 Å². The van der Waals surface area contributed by atoms with Crippen molar-refractivity contribution in [2.24, 2.45) is 0 Å². The third-order valence-electron chi connectivity index (χ3n) is 5.14. The minimum absolute atomic E-state index is 0.0463. The van der Waals surface area contributed by atoms with E-state index >= 15 is 4.39 Å². The molecule has 2 aliphatic rings. The molecule has 0 atom stereocenters. The number of aliphatic hydroxyl groups excluding tert-OH is 1. The van der Waals surface area contributed by atoms with E-state index in [0.29, 0.717) is 48.2 Å². The highest BCUT2D eigenvalue weighted by molar-refractivity contribution is 6.00. The van der Waals surface area contributed by atoms with Crippen LogP contribution in [-0.4, -0.2) is 37.5 Å². The van der Waals surface area contributed by atoms with Gasteiger partial charge in [-0.1, -0.05) is 13.8 Å². The zero-order chi connectivity index (χ0) is 21.3. The maximum atomic E-state index is 15.4. The molecule has 0 unspecified atom stereocenters. The summed E-state index contributed by atoms with van der Waals surface area (Å²) in [6, 6.07) is 0. The largest absolute Gasteiger partial charge is 0.417 e. The monoisotopic (exact) mass is 411 g/mol. The van der Waals surface area contributed by atoms with Gasteiger partial charge in [0, 0.05) is 36.6 Å². The summed E-state index contributed by atoms with van der Waals surface area (Å²) in [6.07, 6.45) is 6.13. The van der Waals surface area contributed by atoms with E-state index < -0.39 is 5.82 Å². The molecule has 1 aliphatic heterocycles. The van der Waals surface area contributed by atoms with E-state index in [0.717, 1.165) is 16.8 Å². The van der Waals surface area contributed by atoms with Gasteiger partial charge in [-0.05, 0) is 24.0 Å². The number of ether oxygens (including phenoxy) is 1. The highest BCUT2D eigenvalue weighted by Crippen LogP contribution is 2.41. The van der Waals surface area contributed by atoms with Gasteiger partial charge in [0.05, 0.1) is 23.4 Å². The number of aromatic amines is 1. The summed E-state index contributed by atoms with van der Waals surface area (Å²) in [5.41, 5.74) is 4.35. The number of fused-ring (bicyclic) bond motifs is 5. The van der Waals surface area contributed by atoms with Crippen LogP contribution in [-0.2, 0) is 25.9 Å². The molecule has 0 saturated heterocycles. The smallest absolute Gasteiger partial charge is 0.258 e. The standard InChI is InChI=1S/C19H16FN5O3.C2H6/c20-15-13-9(6-23-19(15)28-18-10(7-26)5-21-8-24-18)1-2-11-14-12(25-16(11)13)3-4-22-17(14)27;1-2/h5-6,8,25-26H,1-4,7H2,(H,22,27);1-2H3. The number of H-pyrrole nitrogens is 1. The summed E-state index contributed by atoms with van der Waals surface area (Å²) in [6.45, 7) is 4.22. The molecule has 0 radical (unpaired) electrons. The lowest BCUT2D eigenvalue weighted by molar-refractivity contribution is 0.0945. The first-order valence-electron chi connectivity index (χ1n) is 9.94. The number of amides is 1. The average Bonchev–Trinajstić information content (AvgIpc) is 3.17. The minimum Gasteiger partial charge on any atom is -0.417 e. The molecule has 5 rings (SSSR count). The molecule has 156 valence electrons. The summed E-state index contributed by atoms with van der Waals surface area (Å²) >= 11 is 0. The second-order valence-electron chi connectivity index (χ2n) is 6.73. The number of halogens is 1. The number of nitrogens with one attached hydrogen (secondary N) is 2. The number of aliphatic hydroxyl groups is 1. The van der Waals surface area contributed by atoms with Gasteiger partial charge in [0.1, 0.15) is 6.33 Å². The van der Waals surface area contributed by atoms with Crippen LogP contribution in [0.1, 0.15) is 46.6 Å². The first kappa shape index (κ1) is 20.0. The van der Waals surface area contributed by atoms with Gasteiger partial charge in [-0.2, -0.15) is 0 Å². The molecule has 0 saturated carbocycles. The van der Waals surface area contributed by atoms with Gasteiger partial charge in [-0.3, -0.25) is 4.79 Å². The zero-order valence-electron chi connectivity index (χ0n) is 16.8. The van der Waals surface area contributed by atoms with E-state index in [1.54, 1.807) is 6.20 Å². The van der Waals surface area contributed by atoms with Gasteiger partial charge in [0.15, 0.2) is 5.82 Å². The molecule has 0 bridgehead atoms. The molecular formula is C21H22FN5O3. The van der Waals surface area contributed by atoms with E-state index in [-0.39, 0.29) is 24.3 Å². The van der Waals surface area contributed by atoms with Crippen molar-refractivity contribution in [3.63, 3.8) is 0 Å². The van der Waals surface area contributed by atoms with Gasteiger partial charge >= 0.3 is 0 Å². The number of carbonyl (C=O) groups is 1. The van der Waals surface area contributed by atoms with Crippen molar-refractivity contribution in [2.75, 3.05) is 6.54 Å². The van der Waals surface area contributed by atoms with Crippen molar-refractivity contribution < 1.29 is 19.0 Å². The van der Waals surface area contributed by atoms with Crippen LogP contribution in [0, 0.1) is 5.82 Å². The third kappa shape index (κ3) is 3.21.